The number of rotatable bonds is 4. The summed E-state index contributed by atoms with van der Waals surface area (Å²) in [6.07, 6.45) is 3.64. The van der Waals surface area contributed by atoms with E-state index in [1.165, 1.54) is 5.56 Å². The van der Waals surface area contributed by atoms with Crippen LogP contribution in [-0.2, 0) is 4.79 Å². The molecule has 2 rings (SSSR count). The molecule has 1 fully saturated rings. The monoisotopic (exact) mass is 282 g/mol. The summed E-state index contributed by atoms with van der Waals surface area (Å²) in [7, 11) is 0. The van der Waals surface area contributed by atoms with Gasteiger partial charge in [0.2, 0.25) is 5.91 Å². The fourth-order valence-corrected chi connectivity index (χ4v) is 2.65. The molecule has 1 saturated carbocycles. The predicted molar refractivity (Wildman–Crippen MR) is 80.2 cm³/mol. The van der Waals surface area contributed by atoms with Crippen molar-refractivity contribution in [1.29, 1.82) is 0 Å². The van der Waals surface area contributed by atoms with Crippen molar-refractivity contribution in [2.75, 3.05) is 0 Å². The Morgan fingerprint density at radius 3 is 2.58 bits per heavy atom. The summed E-state index contributed by atoms with van der Waals surface area (Å²) >= 11 is 0. The largest absolute Gasteiger partial charge is 0.349 e. The molecule has 4 heteroatoms. The number of nitrogens with two attached hydrogens (primary N) is 1. The van der Waals surface area contributed by atoms with E-state index in [0.29, 0.717) is 0 Å². The van der Waals surface area contributed by atoms with Gasteiger partial charge in [0.1, 0.15) is 0 Å². The first-order valence-electron chi connectivity index (χ1n) is 6.81. The molecule has 3 nitrogen and oxygen atoms in total. The Morgan fingerprint density at radius 2 is 2.05 bits per heavy atom. The van der Waals surface area contributed by atoms with Gasteiger partial charge in [-0.05, 0) is 31.2 Å². The molecule has 1 amide bonds. The molecule has 1 aliphatic carbocycles. The molecule has 0 aromatic heterocycles. The zero-order valence-corrected chi connectivity index (χ0v) is 12.2. The maximum absolute atomic E-state index is 12.2. The summed E-state index contributed by atoms with van der Waals surface area (Å²) in [6, 6.07) is 10.5. The van der Waals surface area contributed by atoms with Crippen molar-refractivity contribution in [1.82, 2.24) is 5.32 Å². The van der Waals surface area contributed by atoms with Crippen LogP contribution in [0, 0.1) is 5.92 Å². The Kier molecular flexibility index (Phi) is 6.32. The van der Waals surface area contributed by atoms with E-state index in [-0.39, 0.29) is 36.3 Å². The third kappa shape index (κ3) is 4.22. The summed E-state index contributed by atoms with van der Waals surface area (Å²) in [6.45, 7) is 2.10. The lowest BCUT2D eigenvalue weighted by Crippen LogP contribution is -2.33. The van der Waals surface area contributed by atoms with E-state index >= 15 is 0 Å². The summed E-state index contributed by atoms with van der Waals surface area (Å²) in [4.78, 5) is 12.2. The van der Waals surface area contributed by atoms with Gasteiger partial charge < -0.3 is 11.1 Å². The van der Waals surface area contributed by atoms with E-state index in [4.69, 9.17) is 5.73 Å². The van der Waals surface area contributed by atoms with E-state index < -0.39 is 0 Å². The Balaban J connectivity index is 0.00000180. The van der Waals surface area contributed by atoms with Crippen LogP contribution in [0.5, 0.6) is 0 Å². The highest BCUT2D eigenvalue weighted by Gasteiger charge is 2.28. The van der Waals surface area contributed by atoms with Gasteiger partial charge in [0, 0.05) is 12.0 Å². The Labute approximate surface area is 121 Å². The van der Waals surface area contributed by atoms with Crippen LogP contribution < -0.4 is 11.1 Å². The molecule has 0 heterocycles. The normalized spacial score (nSPS) is 23.5. The second-order valence-corrected chi connectivity index (χ2v) is 5.15. The van der Waals surface area contributed by atoms with E-state index in [0.717, 1.165) is 25.7 Å². The summed E-state index contributed by atoms with van der Waals surface area (Å²) in [5, 5.41) is 3.15. The van der Waals surface area contributed by atoms with Crippen LogP contribution in [0.1, 0.15) is 44.2 Å². The minimum absolute atomic E-state index is 0. The van der Waals surface area contributed by atoms with Crippen LogP contribution in [0.25, 0.3) is 0 Å². The number of amides is 1. The van der Waals surface area contributed by atoms with Crippen molar-refractivity contribution in [3.63, 3.8) is 0 Å². The van der Waals surface area contributed by atoms with E-state index in [1.54, 1.807) is 0 Å². The first-order chi connectivity index (χ1) is 8.70. The maximum Gasteiger partial charge on any atom is 0.223 e. The highest BCUT2D eigenvalue weighted by molar-refractivity contribution is 5.85. The third-order valence-corrected chi connectivity index (χ3v) is 3.77. The minimum Gasteiger partial charge on any atom is -0.349 e. The molecule has 106 valence electrons. The molecule has 1 aromatic rings. The van der Waals surface area contributed by atoms with Crippen molar-refractivity contribution in [2.24, 2.45) is 11.7 Å². The molecule has 3 unspecified atom stereocenters. The van der Waals surface area contributed by atoms with Gasteiger partial charge in [0.15, 0.2) is 0 Å². The summed E-state index contributed by atoms with van der Waals surface area (Å²) < 4.78 is 0. The quantitative estimate of drug-likeness (QED) is 0.892. The summed E-state index contributed by atoms with van der Waals surface area (Å²) in [5.41, 5.74) is 7.03. The van der Waals surface area contributed by atoms with Crippen LogP contribution in [0.2, 0.25) is 0 Å². The van der Waals surface area contributed by atoms with Gasteiger partial charge >= 0.3 is 0 Å². The molecular weight excluding hydrogens is 260 g/mol. The van der Waals surface area contributed by atoms with Gasteiger partial charge in [-0.15, -0.1) is 12.4 Å². The van der Waals surface area contributed by atoms with Gasteiger partial charge in [-0.3, -0.25) is 4.79 Å². The first kappa shape index (κ1) is 16.0. The zero-order chi connectivity index (χ0) is 13.0. The highest BCUT2D eigenvalue weighted by Crippen LogP contribution is 2.25. The van der Waals surface area contributed by atoms with Crippen molar-refractivity contribution < 1.29 is 4.79 Å². The Hall–Kier alpha value is -1.06. The number of hydrogen-bond donors (Lipinski definition) is 2. The van der Waals surface area contributed by atoms with E-state index in [9.17, 15) is 4.79 Å². The SMILES string of the molecule is CCC(NC(=O)C1CCC(N)C1)c1ccccc1.Cl. The zero-order valence-electron chi connectivity index (χ0n) is 11.3. The molecule has 3 N–H and O–H groups in total. The van der Waals surface area contributed by atoms with Gasteiger partial charge in [-0.2, -0.15) is 0 Å². The molecular formula is C15H23ClN2O. The van der Waals surface area contributed by atoms with E-state index in [1.807, 2.05) is 18.2 Å². The van der Waals surface area contributed by atoms with Crippen molar-refractivity contribution >= 4 is 18.3 Å². The molecule has 0 saturated heterocycles. The first-order valence-corrected chi connectivity index (χ1v) is 6.81. The van der Waals surface area contributed by atoms with Crippen molar-refractivity contribution in [3.8, 4) is 0 Å². The average Bonchev–Trinajstić information content (AvgIpc) is 2.83. The minimum atomic E-state index is 0. The number of carbonyl (C=O) groups excluding carboxylic acids is 1. The highest BCUT2D eigenvalue weighted by atomic mass is 35.5. The lowest BCUT2D eigenvalue weighted by atomic mass is 10.0. The lowest BCUT2D eigenvalue weighted by molar-refractivity contribution is -0.125. The molecule has 0 bridgehead atoms. The number of benzene rings is 1. The fourth-order valence-electron chi connectivity index (χ4n) is 2.65. The van der Waals surface area contributed by atoms with Crippen LogP contribution in [-0.4, -0.2) is 11.9 Å². The molecule has 1 aliphatic rings. The smallest absolute Gasteiger partial charge is 0.223 e. The fraction of sp³-hybridized carbons (Fsp3) is 0.533. The van der Waals surface area contributed by atoms with Crippen LogP contribution in [0.3, 0.4) is 0 Å². The molecule has 19 heavy (non-hydrogen) atoms. The topological polar surface area (TPSA) is 55.1 Å². The van der Waals surface area contributed by atoms with Gasteiger partial charge in [0.25, 0.3) is 0 Å². The Morgan fingerprint density at radius 1 is 1.37 bits per heavy atom. The third-order valence-electron chi connectivity index (χ3n) is 3.77. The number of carbonyl (C=O) groups is 1. The summed E-state index contributed by atoms with van der Waals surface area (Å²) in [5.74, 6) is 0.274. The van der Waals surface area contributed by atoms with E-state index in [2.05, 4.69) is 24.4 Å². The Bertz CT molecular complexity index is 396. The maximum atomic E-state index is 12.2. The lowest BCUT2D eigenvalue weighted by Gasteiger charge is -2.20. The predicted octanol–water partition coefficient (Wildman–Crippen LogP) is 2.80. The van der Waals surface area contributed by atoms with Gasteiger partial charge in [0.05, 0.1) is 6.04 Å². The van der Waals surface area contributed by atoms with Crippen molar-refractivity contribution in [2.45, 2.75) is 44.7 Å². The number of nitrogens with one attached hydrogen (secondary N) is 1. The molecule has 0 spiro atoms. The van der Waals surface area contributed by atoms with Crippen LogP contribution >= 0.6 is 12.4 Å². The number of hydrogen-bond acceptors (Lipinski definition) is 2. The standard InChI is InChI=1S/C15H22N2O.ClH/c1-2-14(11-6-4-3-5-7-11)17-15(18)12-8-9-13(16)10-12;/h3-7,12-14H,2,8-10,16H2,1H3,(H,17,18);1H. The second-order valence-electron chi connectivity index (χ2n) is 5.15. The average molecular weight is 283 g/mol. The molecule has 0 radical (unpaired) electrons. The van der Waals surface area contributed by atoms with Crippen LogP contribution in [0.4, 0.5) is 0 Å². The van der Waals surface area contributed by atoms with Crippen LogP contribution in [0.15, 0.2) is 30.3 Å². The van der Waals surface area contributed by atoms with Gasteiger partial charge in [-0.1, -0.05) is 37.3 Å². The number of halogens is 1. The second kappa shape index (κ2) is 7.51. The van der Waals surface area contributed by atoms with Crippen molar-refractivity contribution in [3.05, 3.63) is 35.9 Å². The molecule has 3 atom stereocenters. The molecule has 1 aromatic carbocycles. The van der Waals surface area contributed by atoms with Gasteiger partial charge in [-0.25, -0.2) is 0 Å². The molecule has 0 aliphatic heterocycles.